The first-order chi connectivity index (χ1) is 14.8. The molecule has 0 spiro atoms. The van der Waals surface area contributed by atoms with Gasteiger partial charge in [-0.1, -0.05) is 41.0 Å². The topological polar surface area (TPSA) is 107 Å². The van der Waals surface area contributed by atoms with Crippen molar-refractivity contribution in [2.75, 3.05) is 5.32 Å². The number of aromatic amines is 1. The van der Waals surface area contributed by atoms with Crippen molar-refractivity contribution in [2.24, 2.45) is 16.7 Å². The fourth-order valence-electron chi connectivity index (χ4n) is 5.44. The highest BCUT2D eigenvalue weighted by atomic mass is 79.9. The van der Waals surface area contributed by atoms with Gasteiger partial charge in [-0.25, -0.2) is 9.78 Å². The van der Waals surface area contributed by atoms with Gasteiger partial charge in [-0.05, 0) is 63.9 Å². The maximum atomic E-state index is 12.8. The smallest absolute Gasteiger partial charge is 0.405 e. The minimum Gasteiger partial charge on any atom is -0.465 e. The Bertz CT molecular complexity index is 1070. The van der Waals surface area contributed by atoms with Gasteiger partial charge in [0.15, 0.2) is 0 Å². The molecular weight excluding hydrogens is 472 g/mol. The largest absolute Gasteiger partial charge is 0.465 e. The molecule has 32 heavy (non-hydrogen) atoms. The Morgan fingerprint density at radius 3 is 2.56 bits per heavy atom. The van der Waals surface area contributed by atoms with E-state index in [-0.39, 0.29) is 28.6 Å². The molecule has 174 valence electrons. The van der Waals surface area contributed by atoms with Crippen molar-refractivity contribution in [2.45, 2.75) is 78.2 Å². The molecule has 2 heterocycles. The Balaban J connectivity index is 1.73. The Kier molecular flexibility index (Phi) is 5.59. The zero-order valence-corrected chi connectivity index (χ0v) is 21.0. The molecule has 0 radical (unpaired) electrons. The number of nitrogens with one attached hydrogen (secondary N) is 3. The lowest BCUT2D eigenvalue weighted by molar-refractivity contribution is -0.117. The van der Waals surface area contributed by atoms with Crippen LogP contribution in [0.1, 0.15) is 78.2 Å². The number of halogens is 1. The van der Waals surface area contributed by atoms with E-state index < -0.39 is 11.6 Å². The molecule has 3 atom stereocenters. The molecule has 2 amide bonds. The second-order valence-electron chi connectivity index (χ2n) is 11.2. The maximum Gasteiger partial charge on any atom is 0.405 e. The number of pyridine rings is 1. The van der Waals surface area contributed by atoms with Crippen LogP contribution in [-0.2, 0) is 4.79 Å². The highest BCUT2D eigenvalue weighted by Gasteiger charge is 2.51. The highest BCUT2D eigenvalue weighted by molar-refractivity contribution is 9.10. The number of aromatic nitrogens is 2. The van der Waals surface area contributed by atoms with Crippen LogP contribution >= 0.6 is 15.9 Å². The summed E-state index contributed by atoms with van der Waals surface area (Å²) < 4.78 is 0.886. The van der Waals surface area contributed by atoms with Crippen LogP contribution in [-0.4, -0.2) is 32.6 Å². The number of amides is 2. The van der Waals surface area contributed by atoms with Gasteiger partial charge in [0.25, 0.3) is 0 Å². The number of carboxylic acid groups (broad SMARTS) is 1. The van der Waals surface area contributed by atoms with E-state index in [1.165, 1.54) is 0 Å². The van der Waals surface area contributed by atoms with Gasteiger partial charge in [0.05, 0.1) is 5.69 Å². The summed E-state index contributed by atoms with van der Waals surface area (Å²) in [6.07, 6.45) is 6.88. The second-order valence-corrected chi connectivity index (χ2v) is 12.1. The number of H-pyrrole nitrogens is 1. The van der Waals surface area contributed by atoms with Crippen molar-refractivity contribution in [1.82, 2.24) is 15.3 Å². The summed E-state index contributed by atoms with van der Waals surface area (Å²) in [5.41, 5.74) is 1.84. The van der Waals surface area contributed by atoms with Gasteiger partial charge in [0, 0.05) is 33.7 Å². The van der Waals surface area contributed by atoms with Crippen LogP contribution < -0.4 is 10.6 Å². The fourth-order valence-corrected chi connectivity index (χ4v) is 6.06. The predicted octanol–water partition coefficient (Wildman–Crippen LogP) is 6.02. The van der Waals surface area contributed by atoms with E-state index >= 15 is 0 Å². The molecule has 2 fully saturated rings. The van der Waals surface area contributed by atoms with Crippen LogP contribution in [0.15, 0.2) is 16.9 Å². The summed E-state index contributed by atoms with van der Waals surface area (Å²) >= 11 is 3.71. The molecule has 2 saturated carbocycles. The van der Waals surface area contributed by atoms with Gasteiger partial charge in [-0.15, -0.1) is 0 Å². The number of hydrogen-bond donors (Lipinski definition) is 4. The van der Waals surface area contributed by atoms with Gasteiger partial charge in [-0.2, -0.15) is 0 Å². The first-order valence-corrected chi connectivity index (χ1v) is 12.1. The van der Waals surface area contributed by atoms with Crippen molar-refractivity contribution < 1.29 is 14.7 Å². The number of hydrogen-bond acceptors (Lipinski definition) is 3. The van der Waals surface area contributed by atoms with E-state index in [1.807, 2.05) is 6.20 Å². The molecule has 4 rings (SSSR count). The normalized spacial score (nSPS) is 27.2. The third-order valence-electron chi connectivity index (χ3n) is 7.72. The molecule has 7 nitrogen and oxygen atoms in total. The summed E-state index contributed by atoms with van der Waals surface area (Å²) in [6, 6.07) is 0. The van der Waals surface area contributed by atoms with Crippen LogP contribution in [0, 0.1) is 16.7 Å². The number of carbonyl (C=O) groups excluding carboxylic acids is 1. The molecule has 0 saturated heterocycles. The van der Waals surface area contributed by atoms with E-state index in [9.17, 15) is 14.7 Å². The number of carbonyl (C=O) groups is 2. The monoisotopic (exact) mass is 504 g/mol. The zero-order valence-electron chi connectivity index (χ0n) is 19.4. The summed E-state index contributed by atoms with van der Waals surface area (Å²) in [4.78, 5) is 32.3. The summed E-state index contributed by atoms with van der Waals surface area (Å²) in [7, 11) is 0. The Morgan fingerprint density at radius 2 is 1.97 bits per heavy atom. The Hall–Kier alpha value is -2.09. The van der Waals surface area contributed by atoms with Gasteiger partial charge in [-0.3, -0.25) is 4.79 Å². The zero-order chi connectivity index (χ0) is 23.5. The first-order valence-electron chi connectivity index (χ1n) is 11.3. The van der Waals surface area contributed by atoms with Crippen LogP contribution in [0.2, 0.25) is 0 Å². The highest BCUT2D eigenvalue weighted by Crippen LogP contribution is 2.53. The molecule has 0 bridgehead atoms. The predicted molar refractivity (Wildman–Crippen MR) is 129 cm³/mol. The maximum absolute atomic E-state index is 12.8. The van der Waals surface area contributed by atoms with Crippen LogP contribution in [0.5, 0.6) is 0 Å². The van der Waals surface area contributed by atoms with Crippen LogP contribution in [0.3, 0.4) is 0 Å². The summed E-state index contributed by atoms with van der Waals surface area (Å²) in [6.45, 7) is 10.5. The number of nitrogens with zero attached hydrogens (tertiary/aromatic N) is 1. The Labute approximate surface area is 197 Å². The van der Waals surface area contributed by atoms with E-state index in [0.29, 0.717) is 6.42 Å². The second kappa shape index (κ2) is 7.75. The molecular formula is C24H33BrN4O3. The molecule has 4 N–H and O–H groups in total. The van der Waals surface area contributed by atoms with Gasteiger partial charge >= 0.3 is 6.09 Å². The number of fused-ring (bicyclic) bond motifs is 1. The quantitative estimate of drug-likeness (QED) is 0.408. The van der Waals surface area contributed by atoms with E-state index in [4.69, 9.17) is 0 Å². The van der Waals surface area contributed by atoms with Crippen LogP contribution in [0.25, 0.3) is 11.0 Å². The van der Waals surface area contributed by atoms with Crippen molar-refractivity contribution in [3.05, 3.63) is 22.4 Å². The van der Waals surface area contributed by atoms with Crippen molar-refractivity contribution in [3.8, 4) is 0 Å². The fraction of sp³-hybridized carbons (Fsp3) is 0.625. The van der Waals surface area contributed by atoms with E-state index in [0.717, 1.165) is 52.4 Å². The lowest BCUT2D eigenvalue weighted by atomic mass is 9.61. The molecule has 2 aliphatic rings. The average molecular weight is 505 g/mol. The summed E-state index contributed by atoms with van der Waals surface area (Å²) in [5, 5.41) is 16.5. The molecule has 2 aromatic rings. The first kappa shape index (κ1) is 23.1. The summed E-state index contributed by atoms with van der Waals surface area (Å²) in [5.74, 6) is 0.194. The molecule has 0 aliphatic heterocycles. The van der Waals surface area contributed by atoms with E-state index in [2.05, 4.69) is 71.2 Å². The molecule has 2 aliphatic carbocycles. The Morgan fingerprint density at radius 1 is 1.28 bits per heavy atom. The van der Waals surface area contributed by atoms with Crippen molar-refractivity contribution >= 4 is 44.7 Å². The van der Waals surface area contributed by atoms with Gasteiger partial charge in [0.2, 0.25) is 5.91 Å². The molecule has 3 unspecified atom stereocenters. The number of rotatable bonds is 4. The minimum absolute atomic E-state index is 0.0269. The van der Waals surface area contributed by atoms with Crippen molar-refractivity contribution in [1.29, 1.82) is 0 Å². The van der Waals surface area contributed by atoms with Gasteiger partial charge in [0.1, 0.15) is 5.65 Å². The molecule has 8 heteroatoms. The van der Waals surface area contributed by atoms with E-state index in [1.54, 1.807) is 6.20 Å². The molecule has 2 aromatic heterocycles. The minimum atomic E-state index is -0.985. The SMILES string of the molecule is CC1(C)CC1C(=O)Nc1c[nH]c2ncc(Br)c(C3CCCC(NC(=O)O)(C(C)(C)C)C3)c12. The lowest BCUT2D eigenvalue weighted by Gasteiger charge is -2.50. The molecule has 0 aromatic carbocycles. The van der Waals surface area contributed by atoms with Gasteiger partial charge < -0.3 is 20.7 Å². The average Bonchev–Trinajstić information content (AvgIpc) is 3.14. The third-order valence-corrected chi connectivity index (χ3v) is 8.35. The lowest BCUT2D eigenvalue weighted by Crippen LogP contribution is -2.58. The number of anilines is 1. The third kappa shape index (κ3) is 4.02. The van der Waals surface area contributed by atoms with Crippen LogP contribution in [0.4, 0.5) is 10.5 Å². The standard InChI is InChI=1S/C24H33BrN4O3/c1-22(2,3)24(29-21(31)32)8-6-7-13(9-24)17-15(25)11-26-19-18(17)16(12-27-19)28-20(30)14-10-23(14,4)5/h11-14,29H,6-10H2,1-5H3,(H,26,27)(H,28,30)(H,31,32). The van der Waals surface area contributed by atoms with Crippen molar-refractivity contribution in [3.63, 3.8) is 0 Å².